The van der Waals surface area contributed by atoms with E-state index in [4.69, 9.17) is 0 Å². The van der Waals surface area contributed by atoms with Crippen molar-refractivity contribution in [3.05, 3.63) is 73.1 Å². The largest absolute Gasteiger partial charge is 0.256 e. The average Bonchev–Trinajstić information content (AvgIpc) is 2.54. The highest BCUT2D eigenvalue weighted by Crippen LogP contribution is 2.24. The van der Waals surface area contributed by atoms with Gasteiger partial charge in [0, 0.05) is 28.1 Å². The molecule has 0 fully saturated rings. The normalized spacial score (nSPS) is 11.0. The molecule has 2 aromatic carbocycles. The highest BCUT2D eigenvalue weighted by atomic mass is 14.7. The number of fused-ring (bicyclic) bond motifs is 2. The molecule has 0 atom stereocenters. The number of rotatable bonds is 1. The summed E-state index contributed by atoms with van der Waals surface area (Å²) in [5.41, 5.74) is 3.99. The summed E-state index contributed by atoms with van der Waals surface area (Å²) in [6, 6.07) is 20.4. The van der Waals surface area contributed by atoms with Crippen molar-refractivity contribution < 1.29 is 0 Å². The first kappa shape index (κ1) is 11.1. The molecule has 2 heteroatoms. The molecule has 4 rings (SSSR count). The van der Waals surface area contributed by atoms with Crippen LogP contribution in [0.1, 0.15) is 0 Å². The number of hydrogen-bond acceptors (Lipinski definition) is 2. The van der Waals surface area contributed by atoms with Gasteiger partial charge in [0.25, 0.3) is 0 Å². The highest BCUT2D eigenvalue weighted by Gasteiger charge is 2.03. The molecule has 1 radical (unpaired) electrons. The van der Waals surface area contributed by atoms with Gasteiger partial charge in [0.1, 0.15) is 0 Å². The van der Waals surface area contributed by atoms with Gasteiger partial charge in [0.05, 0.1) is 17.2 Å². The molecular formula is C18H11N2. The Morgan fingerprint density at radius 3 is 2.30 bits per heavy atom. The fourth-order valence-electron chi connectivity index (χ4n) is 2.39. The van der Waals surface area contributed by atoms with E-state index in [1.54, 1.807) is 0 Å². The molecule has 0 saturated heterocycles. The van der Waals surface area contributed by atoms with Crippen LogP contribution in [0.3, 0.4) is 0 Å². The maximum atomic E-state index is 4.49. The molecule has 0 aliphatic rings. The van der Waals surface area contributed by atoms with E-state index in [1.807, 2.05) is 42.6 Å². The summed E-state index contributed by atoms with van der Waals surface area (Å²) in [5, 5.41) is 2.25. The molecule has 0 aliphatic heterocycles. The zero-order valence-corrected chi connectivity index (χ0v) is 10.7. The molecule has 0 aliphatic carbocycles. The second kappa shape index (κ2) is 4.42. The third kappa shape index (κ3) is 1.82. The second-order valence-corrected chi connectivity index (χ2v) is 4.76. The van der Waals surface area contributed by atoms with Crippen molar-refractivity contribution in [2.75, 3.05) is 0 Å². The predicted octanol–water partition coefficient (Wildman–Crippen LogP) is 4.25. The first-order valence-electron chi connectivity index (χ1n) is 6.53. The third-order valence-electron chi connectivity index (χ3n) is 3.43. The van der Waals surface area contributed by atoms with Crippen molar-refractivity contribution >= 4 is 21.8 Å². The Morgan fingerprint density at radius 1 is 0.750 bits per heavy atom. The zero-order valence-electron chi connectivity index (χ0n) is 10.7. The van der Waals surface area contributed by atoms with Crippen LogP contribution in [-0.4, -0.2) is 9.97 Å². The number of para-hydroxylation sites is 2. The van der Waals surface area contributed by atoms with Crippen LogP contribution in [-0.2, 0) is 0 Å². The maximum Gasteiger partial charge on any atom is 0.0979 e. The smallest absolute Gasteiger partial charge is 0.0979 e. The summed E-state index contributed by atoms with van der Waals surface area (Å²) in [7, 11) is 0. The molecule has 0 unspecified atom stereocenters. The first-order chi connectivity index (χ1) is 9.90. The fourth-order valence-corrected chi connectivity index (χ4v) is 2.39. The summed E-state index contributed by atoms with van der Waals surface area (Å²) in [5.74, 6) is 0. The van der Waals surface area contributed by atoms with Crippen LogP contribution in [0.15, 0.2) is 66.9 Å². The van der Waals surface area contributed by atoms with E-state index < -0.39 is 0 Å². The van der Waals surface area contributed by atoms with Crippen molar-refractivity contribution in [3.8, 4) is 11.1 Å². The predicted molar refractivity (Wildman–Crippen MR) is 81.3 cm³/mol. The molecular weight excluding hydrogens is 244 g/mol. The van der Waals surface area contributed by atoms with Gasteiger partial charge in [-0.2, -0.15) is 0 Å². The Labute approximate surface area is 116 Å². The van der Waals surface area contributed by atoms with Crippen LogP contribution >= 0.6 is 0 Å². The molecule has 4 aromatic rings. The van der Waals surface area contributed by atoms with Crippen LogP contribution in [0.2, 0.25) is 0 Å². The van der Waals surface area contributed by atoms with Gasteiger partial charge in [-0.3, -0.25) is 4.98 Å². The van der Waals surface area contributed by atoms with Crippen molar-refractivity contribution in [1.29, 1.82) is 0 Å². The van der Waals surface area contributed by atoms with Gasteiger partial charge in [0.2, 0.25) is 0 Å². The Bertz CT molecular complexity index is 836. The Morgan fingerprint density at radius 2 is 1.45 bits per heavy atom. The molecule has 2 heterocycles. The SMILES string of the molecule is [c]1nc2ccccc2cc1-c1cnc2ccccc2c1. The lowest BCUT2D eigenvalue weighted by Gasteiger charge is -2.04. The van der Waals surface area contributed by atoms with E-state index in [1.165, 1.54) is 0 Å². The van der Waals surface area contributed by atoms with Crippen LogP contribution < -0.4 is 0 Å². The van der Waals surface area contributed by atoms with Crippen molar-refractivity contribution in [2.45, 2.75) is 0 Å². The molecule has 93 valence electrons. The van der Waals surface area contributed by atoms with Crippen LogP contribution in [0.5, 0.6) is 0 Å². The first-order valence-corrected chi connectivity index (χ1v) is 6.53. The average molecular weight is 255 g/mol. The van der Waals surface area contributed by atoms with Crippen LogP contribution in [0.25, 0.3) is 32.9 Å². The molecule has 0 saturated carbocycles. The minimum Gasteiger partial charge on any atom is -0.256 e. The van der Waals surface area contributed by atoms with Gasteiger partial charge in [-0.25, -0.2) is 4.98 Å². The Hall–Kier alpha value is -2.74. The topological polar surface area (TPSA) is 25.8 Å². The minimum absolute atomic E-state index is 0.963. The molecule has 0 N–H and O–H groups in total. The molecule has 0 bridgehead atoms. The quantitative estimate of drug-likeness (QED) is 0.508. The highest BCUT2D eigenvalue weighted by molar-refractivity contribution is 5.86. The van der Waals surface area contributed by atoms with E-state index in [0.29, 0.717) is 0 Å². The summed E-state index contributed by atoms with van der Waals surface area (Å²) in [6.07, 6.45) is 4.98. The summed E-state index contributed by atoms with van der Waals surface area (Å²) in [6.45, 7) is 0. The van der Waals surface area contributed by atoms with E-state index in [9.17, 15) is 0 Å². The van der Waals surface area contributed by atoms with Crippen molar-refractivity contribution in [3.63, 3.8) is 0 Å². The van der Waals surface area contributed by atoms with Crippen LogP contribution in [0.4, 0.5) is 0 Å². The lowest BCUT2D eigenvalue weighted by Crippen LogP contribution is -1.86. The van der Waals surface area contributed by atoms with E-state index in [-0.39, 0.29) is 0 Å². The molecule has 0 spiro atoms. The summed E-state index contributed by atoms with van der Waals surface area (Å²) in [4.78, 5) is 8.87. The molecule has 2 aromatic heterocycles. The minimum atomic E-state index is 0.963. The second-order valence-electron chi connectivity index (χ2n) is 4.76. The van der Waals surface area contributed by atoms with E-state index >= 15 is 0 Å². The van der Waals surface area contributed by atoms with Crippen LogP contribution in [0, 0.1) is 6.20 Å². The van der Waals surface area contributed by atoms with Gasteiger partial charge in [-0.05, 0) is 24.3 Å². The number of hydrogen-bond donors (Lipinski definition) is 0. The molecule has 20 heavy (non-hydrogen) atoms. The van der Waals surface area contributed by atoms with Gasteiger partial charge in [-0.15, -0.1) is 0 Å². The van der Waals surface area contributed by atoms with Gasteiger partial charge in [-0.1, -0.05) is 36.4 Å². The van der Waals surface area contributed by atoms with E-state index in [2.05, 4.69) is 40.4 Å². The third-order valence-corrected chi connectivity index (χ3v) is 3.43. The molecule has 0 amide bonds. The van der Waals surface area contributed by atoms with E-state index in [0.717, 1.165) is 32.9 Å². The standard InChI is InChI=1S/C18H11N2/c1-3-7-17-13(5-1)9-15(11-19-17)16-10-14-6-2-4-8-18(14)20-12-16/h1-11H. The lowest BCUT2D eigenvalue weighted by atomic mass is 10.1. The number of pyridine rings is 2. The van der Waals surface area contributed by atoms with Gasteiger partial charge in [0.15, 0.2) is 0 Å². The molecule has 2 nitrogen and oxygen atoms in total. The summed E-state index contributed by atoms with van der Waals surface area (Å²) < 4.78 is 0. The number of aromatic nitrogens is 2. The fraction of sp³-hybridized carbons (Fsp3) is 0. The van der Waals surface area contributed by atoms with Crippen molar-refractivity contribution in [2.24, 2.45) is 0 Å². The summed E-state index contributed by atoms with van der Waals surface area (Å²) >= 11 is 0. The van der Waals surface area contributed by atoms with Crippen molar-refractivity contribution in [1.82, 2.24) is 9.97 Å². The zero-order chi connectivity index (χ0) is 13.4. The Kier molecular flexibility index (Phi) is 2.46. The van der Waals surface area contributed by atoms with Gasteiger partial charge < -0.3 is 0 Å². The lowest BCUT2D eigenvalue weighted by molar-refractivity contribution is 1.36. The number of benzene rings is 2. The number of nitrogens with zero attached hydrogens (tertiary/aromatic N) is 2. The van der Waals surface area contributed by atoms with Gasteiger partial charge >= 0.3 is 0 Å². The Balaban J connectivity index is 1.91. The maximum absolute atomic E-state index is 4.49. The monoisotopic (exact) mass is 255 g/mol.